The Kier molecular flexibility index (Phi) is 3.62. The van der Waals surface area contributed by atoms with E-state index in [1.165, 1.54) is 24.3 Å². The Balaban J connectivity index is 2.43. The molecule has 0 aromatic heterocycles. The van der Waals surface area contributed by atoms with E-state index in [1.54, 1.807) is 6.07 Å². The van der Waals surface area contributed by atoms with E-state index in [9.17, 15) is 13.6 Å². The molecule has 0 heterocycles. The molecule has 0 amide bonds. The molecule has 0 spiro atoms. The van der Waals surface area contributed by atoms with Crippen molar-refractivity contribution in [2.24, 2.45) is 0 Å². The smallest absolute Gasteiger partial charge is 0.342 e. The molecule has 0 aliphatic carbocycles. The first-order valence-electron chi connectivity index (χ1n) is 5.42. The fraction of sp³-hybridized carbons (Fsp3) is 0. The molecular weight excluding hydrogens is 268 g/mol. The minimum absolute atomic E-state index is 0.0903. The third-order valence-electron chi connectivity index (χ3n) is 2.47. The van der Waals surface area contributed by atoms with Gasteiger partial charge in [0.1, 0.15) is 17.1 Å². The highest BCUT2D eigenvalue weighted by Gasteiger charge is 2.18. The highest BCUT2D eigenvalue weighted by atomic mass is 19.1. The van der Waals surface area contributed by atoms with Crippen LogP contribution in [-0.4, -0.2) is 11.1 Å². The molecule has 2 aromatic carbocycles. The summed E-state index contributed by atoms with van der Waals surface area (Å²) in [5, 5.41) is 17.5. The number of benzene rings is 2. The van der Waals surface area contributed by atoms with Gasteiger partial charge in [-0.2, -0.15) is 5.26 Å². The first kappa shape index (κ1) is 13.5. The standard InChI is InChI=1S/C14H7F2NO3/c15-9-2-1-3-12(13(9)14(18)19)20-11-5-4-8(7-17)6-10(11)16/h1-6H,(H,18,19). The number of hydrogen-bond acceptors (Lipinski definition) is 3. The van der Waals surface area contributed by atoms with Crippen LogP contribution in [0.4, 0.5) is 8.78 Å². The van der Waals surface area contributed by atoms with Gasteiger partial charge < -0.3 is 9.84 Å². The Morgan fingerprint density at radius 2 is 1.90 bits per heavy atom. The number of rotatable bonds is 3. The summed E-state index contributed by atoms with van der Waals surface area (Å²) >= 11 is 0. The molecule has 0 radical (unpaired) electrons. The van der Waals surface area contributed by atoms with Gasteiger partial charge >= 0.3 is 5.97 Å². The Morgan fingerprint density at radius 1 is 1.15 bits per heavy atom. The lowest BCUT2D eigenvalue weighted by molar-refractivity contribution is 0.0689. The van der Waals surface area contributed by atoms with Gasteiger partial charge in [-0.25, -0.2) is 13.6 Å². The second-order valence-electron chi connectivity index (χ2n) is 3.78. The number of halogens is 2. The van der Waals surface area contributed by atoms with Gasteiger partial charge in [-0.1, -0.05) is 6.07 Å². The van der Waals surface area contributed by atoms with Gasteiger partial charge in [0.2, 0.25) is 0 Å². The van der Waals surface area contributed by atoms with Gasteiger partial charge in [0.15, 0.2) is 11.6 Å². The summed E-state index contributed by atoms with van der Waals surface area (Å²) < 4.78 is 32.1. The summed E-state index contributed by atoms with van der Waals surface area (Å²) in [6.07, 6.45) is 0. The zero-order valence-corrected chi connectivity index (χ0v) is 9.93. The minimum Gasteiger partial charge on any atom is -0.477 e. The maximum Gasteiger partial charge on any atom is 0.342 e. The molecule has 0 bridgehead atoms. The fourth-order valence-electron chi connectivity index (χ4n) is 1.57. The molecular formula is C14H7F2NO3. The molecule has 0 unspecified atom stereocenters. The lowest BCUT2D eigenvalue weighted by Gasteiger charge is -2.10. The summed E-state index contributed by atoms with van der Waals surface area (Å²) in [6, 6.07) is 8.59. The number of aromatic carboxylic acids is 1. The van der Waals surface area contributed by atoms with Crippen molar-refractivity contribution in [3.05, 3.63) is 59.2 Å². The Bertz CT molecular complexity index is 723. The predicted molar refractivity (Wildman–Crippen MR) is 64.5 cm³/mol. The van der Waals surface area contributed by atoms with Crippen LogP contribution >= 0.6 is 0 Å². The van der Waals surface area contributed by atoms with Gasteiger partial charge in [0.25, 0.3) is 0 Å². The number of carbonyl (C=O) groups is 1. The van der Waals surface area contributed by atoms with E-state index in [-0.39, 0.29) is 17.1 Å². The number of nitriles is 1. The SMILES string of the molecule is N#Cc1ccc(Oc2cccc(F)c2C(=O)O)c(F)c1. The monoisotopic (exact) mass is 275 g/mol. The molecule has 6 heteroatoms. The normalized spacial score (nSPS) is 9.85. The second kappa shape index (κ2) is 5.36. The van der Waals surface area contributed by atoms with E-state index < -0.39 is 23.2 Å². The van der Waals surface area contributed by atoms with Crippen molar-refractivity contribution in [3.8, 4) is 17.6 Å². The molecule has 100 valence electrons. The van der Waals surface area contributed by atoms with Crippen LogP contribution in [0.5, 0.6) is 11.5 Å². The first-order valence-corrected chi connectivity index (χ1v) is 5.42. The summed E-state index contributed by atoms with van der Waals surface area (Å²) in [5.74, 6) is -3.96. The zero-order chi connectivity index (χ0) is 14.7. The molecule has 2 rings (SSSR count). The first-order chi connectivity index (χ1) is 9.52. The number of ether oxygens (including phenoxy) is 1. The van der Waals surface area contributed by atoms with Crippen molar-refractivity contribution in [1.29, 1.82) is 5.26 Å². The van der Waals surface area contributed by atoms with Crippen molar-refractivity contribution in [2.75, 3.05) is 0 Å². The van der Waals surface area contributed by atoms with Crippen molar-refractivity contribution in [3.63, 3.8) is 0 Å². The van der Waals surface area contributed by atoms with Crippen LogP contribution in [-0.2, 0) is 0 Å². The van der Waals surface area contributed by atoms with E-state index in [1.807, 2.05) is 0 Å². The molecule has 2 aromatic rings. The van der Waals surface area contributed by atoms with Gasteiger partial charge in [-0.3, -0.25) is 0 Å². The lowest BCUT2D eigenvalue weighted by atomic mass is 10.2. The van der Waals surface area contributed by atoms with E-state index in [0.717, 1.165) is 12.1 Å². The summed E-state index contributed by atoms with van der Waals surface area (Å²) in [7, 11) is 0. The molecule has 0 saturated heterocycles. The molecule has 20 heavy (non-hydrogen) atoms. The lowest BCUT2D eigenvalue weighted by Crippen LogP contribution is -2.04. The van der Waals surface area contributed by atoms with Crippen molar-refractivity contribution in [2.45, 2.75) is 0 Å². The Hall–Kier alpha value is -2.94. The average Bonchev–Trinajstić information content (AvgIpc) is 2.40. The van der Waals surface area contributed by atoms with Gasteiger partial charge in [0, 0.05) is 0 Å². The topological polar surface area (TPSA) is 70.3 Å². The fourth-order valence-corrected chi connectivity index (χ4v) is 1.57. The van der Waals surface area contributed by atoms with E-state index in [2.05, 4.69) is 0 Å². The number of carboxylic acids is 1. The maximum absolute atomic E-state index is 13.6. The van der Waals surface area contributed by atoms with Crippen molar-refractivity contribution >= 4 is 5.97 Å². The van der Waals surface area contributed by atoms with Crippen LogP contribution in [0, 0.1) is 23.0 Å². The van der Waals surface area contributed by atoms with E-state index in [4.69, 9.17) is 15.1 Å². The number of hydrogen-bond donors (Lipinski definition) is 1. The van der Waals surface area contributed by atoms with Gasteiger partial charge in [-0.05, 0) is 30.3 Å². The zero-order valence-electron chi connectivity index (χ0n) is 9.93. The molecule has 4 nitrogen and oxygen atoms in total. The number of nitrogens with zero attached hydrogens (tertiary/aromatic N) is 1. The summed E-state index contributed by atoms with van der Waals surface area (Å²) in [4.78, 5) is 11.0. The highest BCUT2D eigenvalue weighted by molar-refractivity contribution is 5.91. The average molecular weight is 275 g/mol. The minimum atomic E-state index is -1.52. The quantitative estimate of drug-likeness (QED) is 0.932. The van der Waals surface area contributed by atoms with Crippen LogP contribution < -0.4 is 4.74 Å². The third kappa shape index (κ3) is 2.57. The molecule has 0 aliphatic rings. The maximum atomic E-state index is 13.6. The Morgan fingerprint density at radius 3 is 2.50 bits per heavy atom. The van der Waals surface area contributed by atoms with Crippen LogP contribution in [0.2, 0.25) is 0 Å². The van der Waals surface area contributed by atoms with Gasteiger partial charge in [-0.15, -0.1) is 0 Å². The molecule has 0 fully saturated rings. The predicted octanol–water partition coefficient (Wildman–Crippen LogP) is 3.33. The van der Waals surface area contributed by atoms with Crippen molar-refractivity contribution < 1.29 is 23.4 Å². The summed E-state index contributed by atoms with van der Waals surface area (Å²) in [5.41, 5.74) is -0.594. The molecule has 0 aliphatic heterocycles. The Labute approximate surface area is 112 Å². The number of carboxylic acid groups (broad SMARTS) is 1. The van der Waals surface area contributed by atoms with E-state index in [0.29, 0.717) is 0 Å². The van der Waals surface area contributed by atoms with Crippen LogP contribution in [0.15, 0.2) is 36.4 Å². The van der Waals surface area contributed by atoms with Crippen LogP contribution in [0.25, 0.3) is 0 Å². The van der Waals surface area contributed by atoms with Gasteiger partial charge in [0.05, 0.1) is 11.6 Å². The van der Waals surface area contributed by atoms with E-state index >= 15 is 0 Å². The largest absolute Gasteiger partial charge is 0.477 e. The van der Waals surface area contributed by atoms with Crippen LogP contribution in [0.3, 0.4) is 0 Å². The molecule has 0 saturated carbocycles. The summed E-state index contributed by atoms with van der Waals surface area (Å²) in [6.45, 7) is 0. The molecule has 0 atom stereocenters. The molecule has 1 N–H and O–H groups in total. The third-order valence-corrected chi connectivity index (χ3v) is 2.47. The van der Waals surface area contributed by atoms with Crippen LogP contribution in [0.1, 0.15) is 15.9 Å². The second-order valence-corrected chi connectivity index (χ2v) is 3.78. The van der Waals surface area contributed by atoms with Crippen molar-refractivity contribution in [1.82, 2.24) is 0 Å². The highest BCUT2D eigenvalue weighted by Crippen LogP contribution is 2.29.